The van der Waals surface area contributed by atoms with Crippen molar-refractivity contribution >= 4 is 28.5 Å². The number of pyridine rings is 1. The number of hydrogen-bond acceptors (Lipinski definition) is 2. The Bertz CT molecular complexity index is 623. The van der Waals surface area contributed by atoms with Gasteiger partial charge in [0.1, 0.15) is 5.15 Å². The van der Waals surface area contributed by atoms with E-state index >= 15 is 0 Å². The van der Waals surface area contributed by atoms with Gasteiger partial charge in [0, 0.05) is 11.8 Å². The van der Waals surface area contributed by atoms with E-state index in [1.54, 1.807) is 0 Å². The number of nitrogens with zero attached hydrogens (tertiary/aromatic N) is 1. The zero-order valence-electron chi connectivity index (χ0n) is 10.3. The summed E-state index contributed by atoms with van der Waals surface area (Å²) in [6.07, 6.45) is 0.474. The van der Waals surface area contributed by atoms with E-state index in [4.69, 9.17) is 16.7 Å². The largest absolute Gasteiger partial charge is 0.481 e. The number of benzene rings is 1. The quantitative estimate of drug-likeness (QED) is 0.862. The van der Waals surface area contributed by atoms with E-state index in [2.05, 4.69) is 4.98 Å². The van der Waals surface area contributed by atoms with Gasteiger partial charge >= 0.3 is 5.97 Å². The van der Waals surface area contributed by atoms with Gasteiger partial charge in [0.2, 0.25) is 0 Å². The van der Waals surface area contributed by atoms with Gasteiger partial charge in [0.25, 0.3) is 0 Å². The minimum Gasteiger partial charge on any atom is -0.481 e. The highest BCUT2D eigenvalue weighted by molar-refractivity contribution is 6.30. The maximum Gasteiger partial charge on any atom is 0.303 e. The molecule has 2 rings (SSSR count). The standard InChI is InChI=1S/C14H14ClNO2/c1-8-3-4-10-7-11(5-6-12(17)18)14(15)16-13(10)9(8)2/h3-4,7H,5-6H2,1-2H3,(H,17,18). The molecule has 0 aliphatic carbocycles. The summed E-state index contributed by atoms with van der Waals surface area (Å²) in [6.45, 7) is 4.04. The topological polar surface area (TPSA) is 50.2 Å². The van der Waals surface area contributed by atoms with Gasteiger partial charge < -0.3 is 5.11 Å². The van der Waals surface area contributed by atoms with Crippen molar-refractivity contribution in [3.8, 4) is 0 Å². The smallest absolute Gasteiger partial charge is 0.303 e. The minimum atomic E-state index is -0.828. The first kappa shape index (κ1) is 12.8. The van der Waals surface area contributed by atoms with Crippen molar-refractivity contribution in [2.75, 3.05) is 0 Å². The number of halogens is 1. The van der Waals surface area contributed by atoms with Crippen LogP contribution in [0.5, 0.6) is 0 Å². The van der Waals surface area contributed by atoms with E-state index in [-0.39, 0.29) is 6.42 Å². The second-order valence-corrected chi connectivity index (χ2v) is 4.77. The van der Waals surface area contributed by atoms with Gasteiger partial charge in [-0.05, 0) is 43.0 Å². The highest BCUT2D eigenvalue weighted by Crippen LogP contribution is 2.25. The summed E-state index contributed by atoms with van der Waals surface area (Å²) in [5.41, 5.74) is 3.96. The number of aliphatic carboxylic acids is 1. The third-order valence-electron chi connectivity index (χ3n) is 3.15. The Kier molecular flexibility index (Phi) is 3.53. The number of aromatic nitrogens is 1. The predicted molar refractivity (Wildman–Crippen MR) is 72.2 cm³/mol. The molecule has 0 bridgehead atoms. The number of hydrogen-bond donors (Lipinski definition) is 1. The zero-order valence-corrected chi connectivity index (χ0v) is 11.1. The Balaban J connectivity index is 2.49. The highest BCUT2D eigenvalue weighted by Gasteiger charge is 2.09. The fourth-order valence-electron chi connectivity index (χ4n) is 1.92. The van der Waals surface area contributed by atoms with Gasteiger partial charge in [-0.2, -0.15) is 0 Å². The number of carboxylic acids is 1. The lowest BCUT2D eigenvalue weighted by Crippen LogP contribution is -1.99. The van der Waals surface area contributed by atoms with Crippen LogP contribution in [0.15, 0.2) is 18.2 Å². The summed E-state index contributed by atoms with van der Waals surface area (Å²) in [6, 6.07) is 5.96. The number of carboxylic acid groups (broad SMARTS) is 1. The van der Waals surface area contributed by atoms with Crippen LogP contribution >= 0.6 is 11.6 Å². The van der Waals surface area contributed by atoms with Crippen molar-refractivity contribution in [2.24, 2.45) is 0 Å². The first-order valence-electron chi connectivity index (χ1n) is 5.76. The molecule has 2 aromatic rings. The van der Waals surface area contributed by atoms with Gasteiger partial charge in [-0.25, -0.2) is 4.98 Å². The van der Waals surface area contributed by atoms with Crippen LogP contribution < -0.4 is 0 Å². The van der Waals surface area contributed by atoms with Crippen molar-refractivity contribution in [1.82, 2.24) is 4.98 Å². The highest BCUT2D eigenvalue weighted by atomic mass is 35.5. The van der Waals surface area contributed by atoms with E-state index in [0.717, 1.165) is 22.0 Å². The molecule has 18 heavy (non-hydrogen) atoms. The fraction of sp³-hybridized carbons (Fsp3) is 0.286. The second-order valence-electron chi connectivity index (χ2n) is 4.41. The van der Waals surface area contributed by atoms with E-state index in [1.165, 1.54) is 5.56 Å². The molecule has 0 spiro atoms. The minimum absolute atomic E-state index is 0.0672. The Labute approximate surface area is 110 Å². The van der Waals surface area contributed by atoms with E-state index in [0.29, 0.717) is 11.6 Å². The molecule has 0 saturated carbocycles. The molecule has 0 radical (unpaired) electrons. The molecule has 0 aliphatic heterocycles. The maximum atomic E-state index is 10.6. The predicted octanol–water partition coefficient (Wildman–Crippen LogP) is 3.52. The van der Waals surface area contributed by atoms with Gasteiger partial charge in [0.15, 0.2) is 0 Å². The molecule has 1 aromatic heterocycles. The molecule has 1 heterocycles. The monoisotopic (exact) mass is 263 g/mol. The van der Waals surface area contributed by atoms with E-state index in [9.17, 15) is 4.79 Å². The van der Waals surface area contributed by atoms with Gasteiger partial charge in [-0.1, -0.05) is 23.7 Å². The Morgan fingerprint density at radius 3 is 2.78 bits per heavy atom. The van der Waals surface area contributed by atoms with Crippen molar-refractivity contribution in [1.29, 1.82) is 0 Å². The first-order valence-corrected chi connectivity index (χ1v) is 6.14. The fourth-order valence-corrected chi connectivity index (χ4v) is 2.15. The van der Waals surface area contributed by atoms with E-state index in [1.807, 2.05) is 32.0 Å². The molecule has 1 N–H and O–H groups in total. The summed E-state index contributed by atoms with van der Waals surface area (Å²) in [4.78, 5) is 15.0. The number of aryl methyl sites for hydroxylation is 3. The maximum absolute atomic E-state index is 10.6. The molecule has 94 valence electrons. The lowest BCUT2D eigenvalue weighted by molar-refractivity contribution is -0.136. The summed E-state index contributed by atoms with van der Waals surface area (Å²) in [7, 11) is 0. The van der Waals surface area contributed by atoms with Crippen LogP contribution in [0.2, 0.25) is 5.15 Å². The molecule has 0 unspecified atom stereocenters. The van der Waals surface area contributed by atoms with Crippen molar-refractivity contribution < 1.29 is 9.90 Å². The Morgan fingerprint density at radius 1 is 1.39 bits per heavy atom. The molecular formula is C14H14ClNO2. The van der Waals surface area contributed by atoms with Crippen LogP contribution in [0.3, 0.4) is 0 Å². The first-order chi connectivity index (χ1) is 8.49. The van der Waals surface area contributed by atoms with E-state index < -0.39 is 5.97 Å². The van der Waals surface area contributed by atoms with Crippen molar-refractivity contribution in [2.45, 2.75) is 26.7 Å². The lowest BCUT2D eigenvalue weighted by Gasteiger charge is -2.08. The zero-order chi connectivity index (χ0) is 13.3. The van der Waals surface area contributed by atoms with Crippen LogP contribution in [-0.4, -0.2) is 16.1 Å². The third kappa shape index (κ3) is 2.46. The lowest BCUT2D eigenvalue weighted by atomic mass is 10.0. The molecule has 0 atom stereocenters. The molecule has 1 aromatic carbocycles. The summed E-state index contributed by atoms with van der Waals surface area (Å²) in [5, 5.41) is 10.1. The molecular weight excluding hydrogens is 250 g/mol. The van der Waals surface area contributed by atoms with Crippen molar-refractivity contribution in [3.63, 3.8) is 0 Å². The number of fused-ring (bicyclic) bond motifs is 1. The average molecular weight is 264 g/mol. The number of rotatable bonds is 3. The van der Waals surface area contributed by atoms with Gasteiger partial charge in [-0.3, -0.25) is 4.79 Å². The van der Waals surface area contributed by atoms with Crippen LogP contribution in [0.1, 0.15) is 23.1 Å². The van der Waals surface area contributed by atoms with Gasteiger partial charge in [0.05, 0.1) is 5.52 Å². The summed E-state index contributed by atoms with van der Waals surface area (Å²) < 4.78 is 0. The molecule has 0 saturated heterocycles. The normalized spacial score (nSPS) is 10.8. The van der Waals surface area contributed by atoms with Crippen LogP contribution in [-0.2, 0) is 11.2 Å². The third-order valence-corrected chi connectivity index (χ3v) is 3.47. The summed E-state index contributed by atoms with van der Waals surface area (Å²) in [5.74, 6) is -0.828. The molecule has 0 fully saturated rings. The SMILES string of the molecule is Cc1ccc2cc(CCC(=O)O)c(Cl)nc2c1C. The molecule has 4 heteroatoms. The Morgan fingerprint density at radius 2 is 2.11 bits per heavy atom. The Hall–Kier alpha value is -1.61. The number of carbonyl (C=O) groups is 1. The molecule has 3 nitrogen and oxygen atoms in total. The van der Waals surface area contributed by atoms with Crippen LogP contribution in [0.4, 0.5) is 0 Å². The summed E-state index contributed by atoms with van der Waals surface area (Å²) >= 11 is 6.11. The van der Waals surface area contributed by atoms with Crippen molar-refractivity contribution in [3.05, 3.63) is 40.0 Å². The van der Waals surface area contributed by atoms with Crippen LogP contribution in [0, 0.1) is 13.8 Å². The molecule has 0 aliphatic rings. The average Bonchev–Trinajstić information content (AvgIpc) is 2.32. The molecule has 0 amide bonds. The van der Waals surface area contributed by atoms with Gasteiger partial charge in [-0.15, -0.1) is 0 Å². The second kappa shape index (κ2) is 4.94. The van der Waals surface area contributed by atoms with Crippen LogP contribution in [0.25, 0.3) is 10.9 Å².